The molecule has 1 nitrogen and oxygen atoms in total. The molecular formula is C15H23OP. The maximum absolute atomic E-state index is 10.8. The topological polar surface area (TPSA) is 20.2 Å². The van der Waals surface area contributed by atoms with Crippen LogP contribution in [0, 0.1) is 5.41 Å². The molecule has 1 aliphatic rings. The zero-order chi connectivity index (χ0) is 12.5. The molecule has 1 N–H and O–H groups in total. The number of hydrogen-bond acceptors (Lipinski definition) is 1. The fraction of sp³-hybridized carbons (Fsp3) is 0.600. The van der Waals surface area contributed by atoms with Crippen molar-refractivity contribution < 1.29 is 4.89 Å². The van der Waals surface area contributed by atoms with Gasteiger partial charge in [-0.15, -0.1) is 0 Å². The Kier molecular flexibility index (Phi) is 3.61. The summed E-state index contributed by atoms with van der Waals surface area (Å²) in [4.78, 5) is 10.8. The minimum atomic E-state index is -1.06. The standard InChI is InChI=1S/C15H23OP/c1-14(2)11-7-8-12-15(14,3)17(16)13-9-5-4-6-10-13/h4-6,9-10,16H,7-8,11-12H2,1-3H3. The van der Waals surface area contributed by atoms with Gasteiger partial charge in [0, 0.05) is 10.5 Å². The molecule has 0 radical (unpaired) electrons. The van der Waals surface area contributed by atoms with E-state index in [0.717, 1.165) is 11.7 Å². The lowest BCUT2D eigenvalue weighted by atomic mass is 9.69. The van der Waals surface area contributed by atoms with Crippen LogP contribution >= 0.6 is 8.15 Å². The van der Waals surface area contributed by atoms with E-state index < -0.39 is 8.15 Å². The molecule has 0 heterocycles. The molecule has 17 heavy (non-hydrogen) atoms. The molecule has 1 aliphatic carbocycles. The molecule has 0 saturated heterocycles. The van der Waals surface area contributed by atoms with Gasteiger partial charge in [0.25, 0.3) is 0 Å². The van der Waals surface area contributed by atoms with Gasteiger partial charge in [-0.1, -0.05) is 63.9 Å². The van der Waals surface area contributed by atoms with E-state index in [9.17, 15) is 4.89 Å². The second-order valence-electron chi connectivity index (χ2n) is 6.01. The monoisotopic (exact) mass is 250 g/mol. The van der Waals surface area contributed by atoms with E-state index in [4.69, 9.17) is 0 Å². The lowest BCUT2D eigenvalue weighted by Gasteiger charge is -2.50. The van der Waals surface area contributed by atoms with Gasteiger partial charge < -0.3 is 4.89 Å². The maximum atomic E-state index is 10.8. The molecule has 2 heteroatoms. The van der Waals surface area contributed by atoms with Crippen LogP contribution in [0.1, 0.15) is 46.5 Å². The SMILES string of the molecule is CC1(C)CCCCC1(C)P(O)c1ccccc1. The van der Waals surface area contributed by atoms with Crippen molar-refractivity contribution in [1.29, 1.82) is 0 Å². The number of hydrogen-bond donors (Lipinski definition) is 1. The van der Waals surface area contributed by atoms with Gasteiger partial charge in [-0.05, 0) is 18.3 Å². The Labute approximate surface area is 106 Å². The highest BCUT2D eigenvalue weighted by Gasteiger charge is 2.48. The first-order chi connectivity index (χ1) is 7.97. The third-order valence-electron chi connectivity index (χ3n) is 4.64. The second-order valence-corrected chi connectivity index (χ2v) is 8.14. The van der Waals surface area contributed by atoms with Crippen molar-refractivity contribution in [3.8, 4) is 0 Å². The molecular weight excluding hydrogens is 227 g/mol. The Hall–Kier alpha value is -0.390. The summed E-state index contributed by atoms with van der Waals surface area (Å²) in [5.41, 5.74) is 0.238. The van der Waals surface area contributed by atoms with Gasteiger partial charge in [-0.3, -0.25) is 0 Å². The van der Waals surface area contributed by atoms with Crippen LogP contribution in [-0.4, -0.2) is 10.0 Å². The molecule has 1 fully saturated rings. The summed E-state index contributed by atoms with van der Waals surface area (Å²) < 4.78 is 0. The molecule has 0 bridgehead atoms. The third-order valence-corrected chi connectivity index (χ3v) is 7.19. The molecule has 1 aromatic rings. The summed E-state index contributed by atoms with van der Waals surface area (Å²) >= 11 is 0. The molecule has 0 aromatic heterocycles. The van der Waals surface area contributed by atoms with Crippen LogP contribution in [0.3, 0.4) is 0 Å². The zero-order valence-electron chi connectivity index (χ0n) is 11.1. The highest BCUT2D eigenvalue weighted by Crippen LogP contribution is 2.61. The van der Waals surface area contributed by atoms with Crippen molar-refractivity contribution in [3.05, 3.63) is 30.3 Å². The third kappa shape index (κ3) is 2.28. The lowest BCUT2D eigenvalue weighted by molar-refractivity contribution is 0.174. The molecule has 94 valence electrons. The molecule has 1 saturated carbocycles. The van der Waals surface area contributed by atoms with E-state index in [1.54, 1.807) is 0 Å². The number of benzene rings is 1. The Balaban J connectivity index is 2.31. The van der Waals surface area contributed by atoms with Crippen LogP contribution in [0.15, 0.2) is 30.3 Å². The Morgan fingerprint density at radius 2 is 1.59 bits per heavy atom. The average Bonchev–Trinajstić information content (AvgIpc) is 2.33. The fourth-order valence-electron chi connectivity index (χ4n) is 2.89. The molecule has 1 aromatic carbocycles. The van der Waals surface area contributed by atoms with E-state index in [1.165, 1.54) is 19.3 Å². The highest BCUT2D eigenvalue weighted by molar-refractivity contribution is 7.61. The molecule has 2 rings (SSSR count). The van der Waals surface area contributed by atoms with Gasteiger partial charge >= 0.3 is 0 Å². The predicted molar refractivity (Wildman–Crippen MR) is 75.9 cm³/mol. The van der Waals surface area contributed by atoms with Gasteiger partial charge in [-0.25, -0.2) is 0 Å². The van der Waals surface area contributed by atoms with Crippen molar-refractivity contribution >= 4 is 13.5 Å². The Bertz CT molecular complexity index is 374. The molecule has 2 unspecified atom stereocenters. The molecule has 0 aliphatic heterocycles. The summed E-state index contributed by atoms with van der Waals surface area (Å²) in [6.07, 6.45) is 4.94. The lowest BCUT2D eigenvalue weighted by Crippen LogP contribution is -2.44. The zero-order valence-corrected chi connectivity index (χ0v) is 12.0. The van der Waals surface area contributed by atoms with Crippen molar-refractivity contribution in [2.24, 2.45) is 5.41 Å². The van der Waals surface area contributed by atoms with E-state index in [0.29, 0.717) is 0 Å². The predicted octanol–water partition coefficient (Wildman–Crippen LogP) is 4.06. The first-order valence-electron chi connectivity index (χ1n) is 6.52. The van der Waals surface area contributed by atoms with Crippen molar-refractivity contribution in [3.63, 3.8) is 0 Å². The normalized spacial score (nSPS) is 29.9. The van der Waals surface area contributed by atoms with Crippen LogP contribution in [0.25, 0.3) is 0 Å². The first-order valence-corrected chi connectivity index (χ1v) is 7.81. The minimum Gasteiger partial charge on any atom is -0.368 e. The maximum Gasteiger partial charge on any atom is 0.0629 e. The first kappa shape index (κ1) is 13.1. The molecule has 0 spiro atoms. The smallest absolute Gasteiger partial charge is 0.0629 e. The van der Waals surface area contributed by atoms with Gasteiger partial charge in [0.2, 0.25) is 0 Å². The van der Waals surface area contributed by atoms with Crippen molar-refractivity contribution in [1.82, 2.24) is 0 Å². The molecule has 2 atom stereocenters. The second kappa shape index (κ2) is 4.71. The average molecular weight is 250 g/mol. The van der Waals surface area contributed by atoms with Crippen LogP contribution in [-0.2, 0) is 0 Å². The Morgan fingerprint density at radius 1 is 1.00 bits per heavy atom. The fourth-order valence-corrected chi connectivity index (χ4v) is 4.97. The van der Waals surface area contributed by atoms with Gasteiger partial charge in [0.15, 0.2) is 0 Å². The van der Waals surface area contributed by atoms with E-state index in [2.05, 4.69) is 32.9 Å². The Morgan fingerprint density at radius 3 is 2.18 bits per heavy atom. The van der Waals surface area contributed by atoms with Crippen LogP contribution in [0.2, 0.25) is 0 Å². The van der Waals surface area contributed by atoms with Crippen LogP contribution < -0.4 is 5.30 Å². The summed E-state index contributed by atoms with van der Waals surface area (Å²) in [6, 6.07) is 10.2. The minimum absolute atomic E-state index is 0.0575. The van der Waals surface area contributed by atoms with E-state index >= 15 is 0 Å². The number of rotatable bonds is 2. The highest BCUT2D eigenvalue weighted by atomic mass is 31.1. The summed E-state index contributed by atoms with van der Waals surface area (Å²) in [7, 11) is -1.06. The largest absolute Gasteiger partial charge is 0.368 e. The van der Waals surface area contributed by atoms with Crippen molar-refractivity contribution in [2.75, 3.05) is 0 Å². The van der Waals surface area contributed by atoms with Crippen LogP contribution in [0.5, 0.6) is 0 Å². The van der Waals surface area contributed by atoms with E-state index in [1.807, 2.05) is 18.2 Å². The van der Waals surface area contributed by atoms with Gasteiger partial charge in [0.1, 0.15) is 0 Å². The van der Waals surface area contributed by atoms with Gasteiger partial charge in [0.05, 0.1) is 8.15 Å². The molecule has 0 amide bonds. The van der Waals surface area contributed by atoms with Crippen LogP contribution in [0.4, 0.5) is 0 Å². The van der Waals surface area contributed by atoms with E-state index in [-0.39, 0.29) is 10.6 Å². The van der Waals surface area contributed by atoms with Crippen molar-refractivity contribution in [2.45, 2.75) is 51.6 Å². The summed E-state index contributed by atoms with van der Waals surface area (Å²) in [5.74, 6) is 0. The van der Waals surface area contributed by atoms with Gasteiger partial charge in [-0.2, -0.15) is 0 Å². The summed E-state index contributed by atoms with van der Waals surface area (Å²) in [6.45, 7) is 6.92. The quantitative estimate of drug-likeness (QED) is 0.785. The summed E-state index contributed by atoms with van der Waals surface area (Å²) in [5, 5.41) is 1.18.